The molecular weight excluding hydrogens is 282 g/mol. The van der Waals surface area contributed by atoms with Crippen LogP contribution in [-0.4, -0.2) is 10.8 Å². The van der Waals surface area contributed by atoms with Crippen molar-refractivity contribution in [2.45, 2.75) is 6.92 Å². The fourth-order valence-corrected chi connectivity index (χ4v) is 2.27. The maximum absolute atomic E-state index is 13.5. The molecule has 3 aromatic rings. The van der Waals surface area contributed by atoms with Gasteiger partial charge in [0.25, 0.3) is 0 Å². The molecule has 2 nitrogen and oxygen atoms in total. The first kappa shape index (κ1) is 14.2. The summed E-state index contributed by atoms with van der Waals surface area (Å²) in [6, 6.07) is 15.2. The van der Waals surface area contributed by atoms with Crippen molar-refractivity contribution in [1.29, 1.82) is 0 Å². The number of hydrogen-bond acceptors (Lipinski definition) is 1. The predicted octanol–water partition coefficient (Wildman–Crippen LogP) is 4.81. The third-order valence-electron chi connectivity index (χ3n) is 3.33. The van der Waals surface area contributed by atoms with Crippen LogP contribution in [-0.2, 0) is 0 Å². The second-order valence-electron chi connectivity index (χ2n) is 4.97. The first-order valence-corrected chi connectivity index (χ1v) is 6.87. The van der Waals surface area contributed by atoms with Crippen molar-refractivity contribution in [3.63, 3.8) is 0 Å². The number of benzene rings is 2. The van der Waals surface area contributed by atoms with Gasteiger partial charge < -0.3 is 4.57 Å². The summed E-state index contributed by atoms with van der Waals surface area (Å²) in [6.07, 6.45) is 3.50. The second-order valence-corrected chi connectivity index (χ2v) is 4.97. The van der Waals surface area contributed by atoms with Crippen molar-refractivity contribution in [1.82, 2.24) is 4.57 Å². The Hall–Kier alpha value is -2.75. The minimum absolute atomic E-state index is 0.117. The Balaban J connectivity index is 1.89. The van der Waals surface area contributed by atoms with E-state index in [0.29, 0.717) is 0 Å². The van der Waals surface area contributed by atoms with Crippen LogP contribution < -0.4 is 0 Å². The third-order valence-corrected chi connectivity index (χ3v) is 3.33. The molecule has 1 heterocycles. The maximum Gasteiger partial charge on any atom is 0.151 e. The fraction of sp³-hybridized carbons (Fsp3) is 0.0556. The molecule has 0 aliphatic rings. The Morgan fingerprint density at radius 3 is 2.50 bits per heavy atom. The summed E-state index contributed by atoms with van der Waals surface area (Å²) in [5.41, 5.74) is 3.07. The summed E-state index contributed by atoms with van der Waals surface area (Å²) >= 11 is 0. The minimum atomic E-state index is -0.671. The van der Waals surface area contributed by atoms with Crippen LogP contribution in [0.1, 0.15) is 11.3 Å². The van der Waals surface area contributed by atoms with Crippen LogP contribution in [0.3, 0.4) is 0 Å². The molecule has 0 radical (unpaired) electrons. The number of para-hydroxylation sites is 1. The van der Waals surface area contributed by atoms with Crippen LogP contribution >= 0.6 is 0 Å². The molecule has 2 aromatic carbocycles. The van der Waals surface area contributed by atoms with Gasteiger partial charge >= 0.3 is 0 Å². The summed E-state index contributed by atoms with van der Waals surface area (Å²) in [7, 11) is 0. The van der Waals surface area contributed by atoms with E-state index in [1.165, 1.54) is 12.1 Å². The molecular formula is C18H14F2N2. The maximum atomic E-state index is 13.5. The van der Waals surface area contributed by atoms with Gasteiger partial charge in [0.15, 0.2) is 5.82 Å². The van der Waals surface area contributed by atoms with Gasteiger partial charge in [-0.25, -0.2) is 8.78 Å². The largest absolute Gasteiger partial charge is 0.321 e. The summed E-state index contributed by atoms with van der Waals surface area (Å²) in [4.78, 5) is 4.09. The minimum Gasteiger partial charge on any atom is -0.321 e. The molecule has 0 unspecified atom stereocenters. The van der Waals surface area contributed by atoms with Crippen molar-refractivity contribution >= 4 is 11.9 Å². The molecule has 0 spiro atoms. The lowest BCUT2D eigenvalue weighted by atomic mass is 10.3. The van der Waals surface area contributed by atoms with E-state index in [0.717, 1.165) is 23.0 Å². The Morgan fingerprint density at radius 1 is 1.00 bits per heavy atom. The molecule has 0 bridgehead atoms. The number of aromatic nitrogens is 1. The zero-order chi connectivity index (χ0) is 15.5. The molecule has 0 fully saturated rings. The first-order valence-electron chi connectivity index (χ1n) is 6.87. The van der Waals surface area contributed by atoms with E-state index >= 15 is 0 Å². The fourth-order valence-electron chi connectivity index (χ4n) is 2.27. The Bertz CT molecular complexity index is 820. The number of halogens is 2. The standard InChI is InChI=1S/C18H14F2N2/c1-13-9-14(12-22(13)16-5-3-2-4-6-16)11-21-18-8-7-15(19)10-17(18)20/h2-12H,1H3. The number of aryl methyl sites for hydroxylation is 1. The van der Waals surface area contributed by atoms with Gasteiger partial charge in [0.05, 0.1) is 5.69 Å². The van der Waals surface area contributed by atoms with Crippen LogP contribution in [0.4, 0.5) is 14.5 Å². The van der Waals surface area contributed by atoms with E-state index in [4.69, 9.17) is 0 Å². The molecule has 0 atom stereocenters. The second kappa shape index (κ2) is 5.93. The van der Waals surface area contributed by atoms with Gasteiger partial charge in [0.2, 0.25) is 0 Å². The number of hydrogen-bond donors (Lipinski definition) is 0. The SMILES string of the molecule is Cc1cc(C=Nc2ccc(F)cc2F)cn1-c1ccccc1. The van der Waals surface area contributed by atoms with Crippen LogP contribution in [0.2, 0.25) is 0 Å². The molecule has 4 heteroatoms. The molecule has 0 aliphatic carbocycles. The van der Waals surface area contributed by atoms with Crippen molar-refractivity contribution in [2.24, 2.45) is 4.99 Å². The molecule has 0 saturated heterocycles. The number of nitrogens with zero attached hydrogens (tertiary/aromatic N) is 2. The molecule has 0 amide bonds. The third kappa shape index (κ3) is 2.96. The monoisotopic (exact) mass is 296 g/mol. The highest BCUT2D eigenvalue weighted by Gasteiger charge is 2.04. The van der Waals surface area contributed by atoms with Crippen LogP contribution in [0.15, 0.2) is 65.8 Å². The molecule has 22 heavy (non-hydrogen) atoms. The van der Waals surface area contributed by atoms with Crippen molar-refractivity contribution in [3.05, 3.63) is 83.7 Å². The van der Waals surface area contributed by atoms with Crippen LogP contribution in [0.5, 0.6) is 0 Å². The van der Waals surface area contributed by atoms with Crippen molar-refractivity contribution in [2.75, 3.05) is 0 Å². The molecule has 0 N–H and O–H groups in total. The summed E-state index contributed by atoms with van der Waals surface area (Å²) in [5, 5.41) is 0. The van der Waals surface area contributed by atoms with Gasteiger partial charge in [0.1, 0.15) is 5.82 Å². The predicted molar refractivity (Wildman–Crippen MR) is 84.1 cm³/mol. The van der Waals surface area contributed by atoms with E-state index in [1.807, 2.05) is 54.1 Å². The Morgan fingerprint density at radius 2 is 1.77 bits per heavy atom. The molecule has 3 rings (SSSR count). The van der Waals surface area contributed by atoms with Gasteiger partial charge in [-0.3, -0.25) is 4.99 Å². The lowest BCUT2D eigenvalue weighted by Gasteiger charge is -2.04. The Kier molecular flexibility index (Phi) is 3.83. The van der Waals surface area contributed by atoms with Crippen molar-refractivity contribution in [3.8, 4) is 5.69 Å². The van der Waals surface area contributed by atoms with Gasteiger partial charge in [-0.2, -0.15) is 0 Å². The van der Waals surface area contributed by atoms with Gasteiger partial charge in [-0.05, 0) is 37.3 Å². The molecule has 110 valence electrons. The van der Waals surface area contributed by atoms with Gasteiger partial charge in [0, 0.05) is 35.4 Å². The lowest BCUT2D eigenvalue weighted by molar-refractivity contribution is 0.585. The topological polar surface area (TPSA) is 17.3 Å². The highest BCUT2D eigenvalue weighted by Crippen LogP contribution is 2.19. The average molecular weight is 296 g/mol. The van der Waals surface area contributed by atoms with Crippen LogP contribution in [0, 0.1) is 18.6 Å². The van der Waals surface area contributed by atoms with Crippen LogP contribution in [0.25, 0.3) is 5.69 Å². The summed E-state index contributed by atoms with van der Waals surface area (Å²) in [5.74, 6) is -1.28. The van der Waals surface area contributed by atoms with Crippen molar-refractivity contribution < 1.29 is 8.78 Å². The lowest BCUT2D eigenvalue weighted by Crippen LogP contribution is -1.93. The van der Waals surface area contributed by atoms with E-state index in [2.05, 4.69) is 4.99 Å². The molecule has 0 aliphatic heterocycles. The first-order chi connectivity index (χ1) is 10.6. The zero-order valence-electron chi connectivity index (χ0n) is 12.0. The quantitative estimate of drug-likeness (QED) is 0.617. The normalized spacial score (nSPS) is 11.2. The van der Waals surface area contributed by atoms with E-state index in [1.54, 1.807) is 6.21 Å². The molecule has 0 saturated carbocycles. The van der Waals surface area contributed by atoms with E-state index in [-0.39, 0.29) is 5.69 Å². The van der Waals surface area contributed by atoms with Gasteiger partial charge in [-0.15, -0.1) is 0 Å². The van der Waals surface area contributed by atoms with Gasteiger partial charge in [-0.1, -0.05) is 18.2 Å². The van der Waals surface area contributed by atoms with E-state index in [9.17, 15) is 8.78 Å². The average Bonchev–Trinajstić information content (AvgIpc) is 2.88. The molecule has 1 aromatic heterocycles. The number of rotatable bonds is 3. The highest BCUT2D eigenvalue weighted by atomic mass is 19.1. The zero-order valence-corrected chi connectivity index (χ0v) is 12.0. The smallest absolute Gasteiger partial charge is 0.151 e. The number of aliphatic imine (C=N–C) groups is 1. The van der Waals surface area contributed by atoms with E-state index < -0.39 is 11.6 Å². The highest BCUT2D eigenvalue weighted by molar-refractivity contribution is 5.82. The summed E-state index contributed by atoms with van der Waals surface area (Å²) in [6.45, 7) is 1.99. The Labute approximate surface area is 127 Å². The summed E-state index contributed by atoms with van der Waals surface area (Å²) < 4.78 is 28.4.